The van der Waals surface area contributed by atoms with Gasteiger partial charge in [-0.15, -0.1) is 6.58 Å². The number of halogens is 2. The smallest absolute Gasteiger partial charge is 0.0932 e. The summed E-state index contributed by atoms with van der Waals surface area (Å²) < 4.78 is 0.989. The summed E-state index contributed by atoms with van der Waals surface area (Å²) >= 11 is 6.92. The quantitative estimate of drug-likeness (QED) is 0.471. The largest absolute Gasteiger partial charge is 0.375 e. The second-order valence-corrected chi connectivity index (χ2v) is 6.21. The monoisotopic (exact) mass is 295 g/mol. The van der Waals surface area contributed by atoms with E-state index in [1.807, 2.05) is 20.0 Å². The first-order valence-electron chi connectivity index (χ1n) is 3.77. The van der Waals surface area contributed by atoms with Crippen LogP contribution in [0.1, 0.15) is 27.2 Å². The molecule has 0 fully saturated rings. The van der Waals surface area contributed by atoms with Crippen LogP contribution in [0.15, 0.2) is 22.8 Å². The fourth-order valence-corrected chi connectivity index (χ4v) is 1.58. The van der Waals surface area contributed by atoms with Crippen molar-refractivity contribution in [2.45, 2.75) is 31.6 Å². The lowest BCUT2D eigenvalue weighted by Gasteiger charge is -2.23. The van der Waals surface area contributed by atoms with Crippen LogP contribution in [0.25, 0.3) is 0 Å². The zero-order chi connectivity index (χ0) is 9.78. The molecule has 70 valence electrons. The van der Waals surface area contributed by atoms with Crippen molar-refractivity contribution in [3.05, 3.63) is 22.8 Å². The molecule has 0 aliphatic carbocycles. The van der Waals surface area contributed by atoms with Gasteiger partial charge in [-0.3, -0.25) is 0 Å². The maximum atomic E-state index is 3.87. The molecule has 0 saturated carbocycles. The molecule has 1 N–H and O–H groups in total. The number of hydrogen-bond acceptors (Lipinski definition) is 1. The molecule has 0 aromatic carbocycles. The Kier molecular flexibility index (Phi) is 5.18. The highest BCUT2D eigenvalue weighted by atomic mass is 79.9. The van der Waals surface area contributed by atoms with Gasteiger partial charge in [0.1, 0.15) is 0 Å². The highest BCUT2D eigenvalue weighted by molar-refractivity contribution is 9.11. The van der Waals surface area contributed by atoms with Crippen LogP contribution in [-0.4, -0.2) is 4.45 Å². The Labute approximate surface area is 91.6 Å². The highest BCUT2D eigenvalue weighted by Crippen LogP contribution is 2.22. The fraction of sp³-hybridized carbons (Fsp3) is 0.556. The van der Waals surface area contributed by atoms with Gasteiger partial charge in [-0.1, -0.05) is 37.4 Å². The SMILES string of the molecule is C=C(C)C[C@@](C)(Br)N/C=C(\C)Br. The Morgan fingerprint density at radius 2 is 2.08 bits per heavy atom. The molecule has 0 spiro atoms. The Morgan fingerprint density at radius 3 is 2.42 bits per heavy atom. The van der Waals surface area contributed by atoms with Crippen LogP contribution in [0.2, 0.25) is 0 Å². The number of nitrogens with one attached hydrogen (secondary N) is 1. The van der Waals surface area contributed by atoms with Gasteiger partial charge >= 0.3 is 0 Å². The molecule has 0 rings (SSSR count). The van der Waals surface area contributed by atoms with E-state index in [-0.39, 0.29) is 4.45 Å². The Balaban J connectivity index is 4.04. The summed E-state index contributed by atoms with van der Waals surface area (Å²) in [6, 6.07) is 0. The third kappa shape index (κ3) is 6.92. The van der Waals surface area contributed by atoms with Gasteiger partial charge in [-0.05, 0) is 20.8 Å². The zero-order valence-corrected chi connectivity index (χ0v) is 10.9. The second-order valence-electron chi connectivity index (χ2n) is 3.21. The lowest BCUT2D eigenvalue weighted by Crippen LogP contribution is -2.32. The van der Waals surface area contributed by atoms with Crippen LogP contribution in [0.5, 0.6) is 0 Å². The van der Waals surface area contributed by atoms with Crippen LogP contribution < -0.4 is 5.32 Å². The minimum absolute atomic E-state index is 0.0894. The maximum Gasteiger partial charge on any atom is 0.0932 e. The van der Waals surface area contributed by atoms with E-state index in [2.05, 4.69) is 50.7 Å². The Morgan fingerprint density at radius 1 is 1.58 bits per heavy atom. The molecular formula is C9H15Br2N. The van der Waals surface area contributed by atoms with Gasteiger partial charge in [-0.2, -0.15) is 0 Å². The minimum Gasteiger partial charge on any atom is -0.375 e. The lowest BCUT2D eigenvalue weighted by molar-refractivity contribution is 0.588. The summed E-state index contributed by atoms with van der Waals surface area (Å²) in [5, 5.41) is 3.24. The van der Waals surface area contributed by atoms with Crippen molar-refractivity contribution in [2.24, 2.45) is 0 Å². The molecule has 0 saturated heterocycles. The van der Waals surface area contributed by atoms with E-state index in [0.717, 1.165) is 16.5 Å². The third-order valence-corrected chi connectivity index (χ3v) is 1.94. The summed E-state index contributed by atoms with van der Waals surface area (Å²) in [5.41, 5.74) is 1.16. The van der Waals surface area contributed by atoms with Crippen LogP contribution in [0.4, 0.5) is 0 Å². The molecule has 1 nitrogen and oxygen atoms in total. The van der Waals surface area contributed by atoms with E-state index in [9.17, 15) is 0 Å². The molecule has 0 bridgehead atoms. The van der Waals surface area contributed by atoms with Gasteiger partial charge in [0, 0.05) is 17.1 Å². The molecule has 3 heteroatoms. The summed E-state index contributed by atoms with van der Waals surface area (Å²) in [4.78, 5) is 0. The molecule has 0 heterocycles. The van der Waals surface area contributed by atoms with E-state index in [1.54, 1.807) is 0 Å². The van der Waals surface area contributed by atoms with Crippen LogP contribution in [0, 0.1) is 0 Å². The standard InChI is InChI=1S/C9H15Br2N/c1-7(2)5-9(4,11)12-6-8(3)10/h6,12H,1,5H2,2-4H3/b8-6+/t9-/m0/s1. The molecule has 0 aromatic heterocycles. The number of allylic oxidation sites excluding steroid dienone is 1. The van der Waals surface area contributed by atoms with Crippen LogP contribution in [-0.2, 0) is 0 Å². The second kappa shape index (κ2) is 5.07. The molecule has 0 unspecified atom stereocenters. The molecule has 0 aliphatic heterocycles. The van der Waals surface area contributed by atoms with Crippen molar-refractivity contribution < 1.29 is 0 Å². The first kappa shape index (κ1) is 12.2. The normalized spacial score (nSPS) is 16.9. The minimum atomic E-state index is -0.0894. The summed E-state index contributed by atoms with van der Waals surface area (Å²) in [6.45, 7) is 9.95. The maximum absolute atomic E-state index is 3.87. The van der Waals surface area contributed by atoms with Crippen LogP contribution in [0.3, 0.4) is 0 Å². The average molecular weight is 297 g/mol. The van der Waals surface area contributed by atoms with Gasteiger partial charge in [-0.25, -0.2) is 0 Å². The van der Waals surface area contributed by atoms with E-state index in [0.29, 0.717) is 0 Å². The first-order chi connectivity index (χ1) is 5.33. The van der Waals surface area contributed by atoms with E-state index in [4.69, 9.17) is 0 Å². The molecular weight excluding hydrogens is 282 g/mol. The van der Waals surface area contributed by atoms with Crippen molar-refractivity contribution in [3.63, 3.8) is 0 Å². The predicted octanol–water partition coefficient (Wildman–Crippen LogP) is 3.91. The fourth-order valence-electron chi connectivity index (χ4n) is 0.868. The van der Waals surface area contributed by atoms with Gasteiger partial charge < -0.3 is 5.32 Å². The lowest BCUT2D eigenvalue weighted by atomic mass is 10.1. The van der Waals surface area contributed by atoms with Gasteiger partial charge in [0.2, 0.25) is 0 Å². The first-order valence-corrected chi connectivity index (χ1v) is 5.35. The van der Waals surface area contributed by atoms with E-state index < -0.39 is 0 Å². The topological polar surface area (TPSA) is 12.0 Å². The van der Waals surface area contributed by atoms with Gasteiger partial charge in [0.05, 0.1) is 4.45 Å². The Bertz CT molecular complexity index is 191. The molecule has 1 atom stereocenters. The average Bonchev–Trinajstić information content (AvgIpc) is 1.81. The Hall–Kier alpha value is 0.240. The summed E-state index contributed by atoms with van der Waals surface area (Å²) in [7, 11) is 0. The molecule has 0 amide bonds. The summed E-state index contributed by atoms with van der Waals surface area (Å²) in [6.07, 6.45) is 2.83. The van der Waals surface area contributed by atoms with Crippen molar-refractivity contribution in [1.29, 1.82) is 0 Å². The highest BCUT2D eigenvalue weighted by Gasteiger charge is 2.17. The van der Waals surface area contributed by atoms with Crippen LogP contribution >= 0.6 is 31.9 Å². The molecule has 0 aliphatic rings. The summed E-state index contributed by atoms with van der Waals surface area (Å²) in [5.74, 6) is 0. The number of hydrogen-bond donors (Lipinski definition) is 1. The molecule has 12 heavy (non-hydrogen) atoms. The van der Waals surface area contributed by atoms with Crippen molar-refractivity contribution in [3.8, 4) is 0 Å². The number of rotatable bonds is 4. The third-order valence-electron chi connectivity index (χ3n) is 1.21. The molecule has 0 aromatic rings. The van der Waals surface area contributed by atoms with E-state index >= 15 is 0 Å². The van der Waals surface area contributed by atoms with E-state index in [1.165, 1.54) is 0 Å². The predicted molar refractivity (Wildman–Crippen MR) is 62.6 cm³/mol. The van der Waals surface area contributed by atoms with Crippen molar-refractivity contribution in [2.75, 3.05) is 0 Å². The van der Waals surface area contributed by atoms with Crippen molar-refractivity contribution >= 4 is 31.9 Å². The number of alkyl halides is 1. The van der Waals surface area contributed by atoms with Crippen molar-refractivity contribution in [1.82, 2.24) is 5.32 Å². The molecule has 0 radical (unpaired) electrons. The van der Waals surface area contributed by atoms with Gasteiger partial charge in [0.25, 0.3) is 0 Å². The van der Waals surface area contributed by atoms with Gasteiger partial charge in [0.15, 0.2) is 0 Å². The zero-order valence-electron chi connectivity index (χ0n) is 7.75.